The zero-order valence-corrected chi connectivity index (χ0v) is 15.3. The van der Waals surface area contributed by atoms with Crippen molar-refractivity contribution in [1.29, 1.82) is 0 Å². The van der Waals surface area contributed by atoms with Gasteiger partial charge in [-0.25, -0.2) is 8.78 Å². The van der Waals surface area contributed by atoms with Crippen LogP contribution in [0.3, 0.4) is 0 Å². The first kappa shape index (κ1) is 19.6. The van der Waals surface area contributed by atoms with Crippen molar-refractivity contribution < 1.29 is 13.9 Å². The summed E-state index contributed by atoms with van der Waals surface area (Å²) in [6.07, 6.45) is -0.285. The minimum atomic E-state index is -0.731. The van der Waals surface area contributed by atoms with Gasteiger partial charge in [-0.15, -0.1) is 11.3 Å². The van der Waals surface area contributed by atoms with E-state index < -0.39 is 17.7 Å². The van der Waals surface area contributed by atoms with E-state index in [2.05, 4.69) is 15.6 Å². The van der Waals surface area contributed by atoms with Gasteiger partial charge < -0.3 is 15.7 Å². The van der Waals surface area contributed by atoms with Crippen molar-refractivity contribution in [3.05, 3.63) is 56.7 Å². The monoisotopic (exact) mass is 387 g/mol. The molecule has 2 aromatic rings. The molecule has 0 bridgehead atoms. The Labute approximate surface area is 154 Å². The number of thiophene rings is 1. The molecule has 1 aromatic heterocycles. The fourth-order valence-corrected chi connectivity index (χ4v) is 3.24. The van der Waals surface area contributed by atoms with Crippen molar-refractivity contribution >= 4 is 28.9 Å². The molecule has 1 unspecified atom stereocenters. The van der Waals surface area contributed by atoms with Gasteiger partial charge >= 0.3 is 0 Å². The number of nitrogens with one attached hydrogen (secondary N) is 2. The van der Waals surface area contributed by atoms with E-state index in [0.717, 1.165) is 10.9 Å². The third kappa shape index (κ3) is 6.61. The van der Waals surface area contributed by atoms with E-state index in [-0.39, 0.29) is 6.54 Å². The largest absolute Gasteiger partial charge is 0.386 e. The Morgan fingerprint density at radius 2 is 1.96 bits per heavy atom. The van der Waals surface area contributed by atoms with Crippen molar-refractivity contribution in [3.63, 3.8) is 0 Å². The van der Waals surface area contributed by atoms with E-state index in [1.807, 2.05) is 6.92 Å². The van der Waals surface area contributed by atoms with Crippen molar-refractivity contribution in [1.82, 2.24) is 10.6 Å². The molecule has 1 aromatic carbocycles. The summed E-state index contributed by atoms with van der Waals surface area (Å²) in [5.41, 5.74) is 0.564. The van der Waals surface area contributed by atoms with Gasteiger partial charge in [0.2, 0.25) is 0 Å². The molecule has 0 amide bonds. The molecule has 1 heterocycles. The third-order valence-corrected chi connectivity index (χ3v) is 4.65. The highest BCUT2D eigenvalue weighted by Crippen LogP contribution is 2.26. The lowest BCUT2D eigenvalue weighted by Gasteiger charge is -2.12. The molecule has 0 radical (unpaired) electrons. The van der Waals surface area contributed by atoms with Crippen LogP contribution in [0.15, 0.2) is 35.3 Å². The number of hydrogen-bond acceptors (Lipinski definition) is 3. The molecule has 8 heteroatoms. The summed E-state index contributed by atoms with van der Waals surface area (Å²) in [7, 11) is 0. The molecule has 2 rings (SSSR count). The predicted octanol–water partition coefficient (Wildman–Crippen LogP) is 3.51. The molecule has 3 N–H and O–H groups in total. The van der Waals surface area contributed by atoms with Crippen LogP contribution in [0.5, 0.6) is 0 Å². The Kier molecular flexibility index (Phi) is 7.61. The number of aliphatic hydroxyl groups excluding tert-OH is 1. The Balaban J connectivity index is 1.88. The van der Waals surface area contributed by atoms with Crippen LogP contribution in [-0.4, -0.2) is 30.7 Å². The Morgan fingerprint density at radius 1 is 1.24 bits per heavy atom. The van der Waals surface area contributed by atoms with Crippen LogP contribution < -0.4 is 10.6 Å². The Bertz CT molecular complexity index is 703. The van der Waals surface area contributed by atoms with Crippen LogP contribution >= 0.6 is 22.9 Å². The van der Waals surface area contributed by atoms with Crippen LogP contribution in [0, 0.1) is 11.6 Å². The van der Waals surface area contributed by atoms with Crippen LogP contribution in [0.4, 0.5) is 8.78 Å². The van der Waals surface area contributed by atoms with Crippen molar-refractivity contribution in [2.24, 2.45) is 4.99 Å². The lowest BCUT2D eigenvalue weighted by Crippen LogP contribution is -2.38. The summed E-state index contributed by atoms with van der Waals surface area (Å²) < 4.78 is 27.0. The van der Waals surface area contributed by atoms with Crippen LogP contribution in [0.1, 0.15) is 23.5 Å². The Morgan fingerprint density at radius 3 is 2.56 bits per heavy atom. The minimum Gasteiger partial charge on any atom is -0.386 e. The van der Waals surface area contributed by atoms with Crippen molar-refractivity contribution in [3.8, 4) is 0 Å². The van der Waals surface area contributed by atoms with E-state index in [9.17, 15) is 13.9 Å². The molecule has 0 spiro atoms. The average molecular weight is 388 g/mol. The number of hydrogen-bond donors (Lipinski definition) is 3. The second-order valence-corrected chi connectivity index (χ2v) is 7.08. The van der Waals surface area contributed by atoms with Gasteiger partial charge in [-0.1, -0.05) is 11.6 Å². The number of nitrogens with zero attached hydrogens (tertiary/aromatic N) is 1. The molecule has 25 heavy (non-hydrogen) atoms. The van der Waals surface area contributed by atoms with E-state index in [1.165, 1.54) is 23.5 Å². The maximum Gasteiger partial charge on any atom is 0.191 e. The van der Waals surface area contributed by atoms with E-state index in [1.54, 1.807) is 12.1 Å². The third-order valence-electron chi connectivity index (χ3n) is 3.32. The maximum absolute atomic E-state index is 13.2. The SMILES string of the molecule is CCNC(=NCC(O)c1ccc(Cl)s1)NCCc1cc(F)cc(F)c1. The number of aliphatic hydroxyl groups is 1. The quantitative estimate of drug-likeness (QED) is 0.503. The number of benzene rings is 1. The minimum absolute atomic E-state index is 0.181. The smallest absolute Gasteiger partial charge is 0.191 e. The molecule has 0 saturated carbocycles. The second kappa shape index (κ2) is 9.70. The number of rotatable bonds is 7. The molecule has 0 aliphatic heterocycles. The summed E-state index contributed by atoms with van der Waals surface area (Å²) >= 11 is 7.17. The summed E-state index contributed by atoms with van der Waals surface area (Å²) in [5, 5.41) is 16.3. The van der Waals surface area contributed by atoms with Gasteiger partial charge in [0, 0.05) is 24.0 Å². The van der Waals surface area contributed by atoms with Gasteiger partial charge in [0.15, 0.2) is 5.96 Å². The van der Waals surface area contributed by atoms with Gasteiger partial charge in [0.1, 0.15) is 17.7 Å². The van der Waals surface area contributed by atoms with Crippen LogP contribution in [-0.2, 0) is 6.42 Å². The fraction of sp³-hybridized carbons (Fsp3) is 0.353. The first-order valence-electron chi connectivity index (χ1n) is 7.88. The normalized spacial score (nSPS) is 12.9. The molecule has 0 fully saturated rings. The van der Waals surface area contributed by atoms with E-state index >= 15 is 0 Å². The number of aliphatic imine (C=N–C) groups is 1. The molecular weight excluding hydrogens is 368 g/mol. The maximum atomic E-state index is 13.2. The molecule has 136 valence electrons. The van der Waals surface area contributed by atoms with Gasteiger partial charge in [-0.3, -0.25) is 4.99 Å². The molecule has 1 atom stereocenters. The average Bonchev–Trinajstić information content (AvgIpc) is 2.98. The van der Waals surface area contributed by atoms with E-state index in [0.29, 0.717) is 35.4 Å². The van der Waals surface area contributed by atoms with Crippen molar-refractivity contribution in [2.75, 3.05) is 19.6 Å². The summed E-state index contributed by atoms with van der Waals surface area (Å²) in [6.45, 7) is 3.21. The molecule has 4 nitrogen and oxygen atoms in total. The number of halogens is 3. The summed E-state index contributed by atoms with van der Waals surface area (Å²) in [5.74, 6) is -0.650. The molecular formula is C17H20ClF2N3OS. The van der Waals surface area contributed by atoms with Gasteiger partial charge in [-0.05, 0) is 43.2 Å². The topological polar surface area (TPSA) is 56.7 Å². The second-order valence-electron chi connectivity index (χ2n) is 5.33. The first-order chi connectivity index (χ1) is 12.0. The van der Waals surface area contributed by atoms with Gasteiger partial charge in [0.05, 0.1) is 10.9 Å². The highest BCUT2D eigenvalue weighted by molar-refractivity contribution is 7.16. The predicted molar refractivity (Wildman–Crippen MR) is 98.3 cm³/mol. The lowest BCUT2D eigenvalue weighted by molar-refractivity contribution is 0.191. The number of guanidine groups is 1. The lowest BCUT2D eigenvalue weighted by atomic mass is 10.1. The first-order valence-corrected chi connectivity index (χ1v) is 9.08. The highest BCUT2D eigenvalue weighted by atomic mass is 35.5. The molecule has 0 saturated heterocycles. The van der Waals surface area contributed by atoms with Crippen LogP contribution in [0.2, 0.25) is 4.34 Å². The Hall–Kier alpha value is -1.70. The van der Waals surface area contributed by atoms with Gasteiger partial charge in [-0.2, -0.15) is 0 Å². The zero-order valence-electron chi connectivity index (χ0n) is 13.7. The molecule has 0 aliphatic rings. The fourth-order valence-electron chi connectivity index (χ4n) is 2.20. The summed E-state index contributed by atoms with van der Waals surface area (Å²) in [4.78, 5) is 5.08. The van der Waals surface area contributed by atoms with Gasteiger partial charge in [0.25, 0.3) is 0 Å². The standard InChI is InChI=1S/C17H20ClF2N3OS/c1-2-21-17(23-10-14(24)15-3-4-16(18)25-15)22-6-5-11-7-12(19)9-13(20)8-11/h3-4,7-9,14,24H,2,5-6,10H2,1H3,(H2,21,22,23). The zero-order chi connectivity index (χ0) is 18.2. The van der Waals surface area contributed by atoms with E-state index in [4.69, 9.17) is 11.6 Å². The highest BCUT2D eigenvalue weighted by Gasteiger charge is 2.10. The summed E-state index contributed by atoms with van der Waals surface area (Å²) in [6, 6.07) is 6.96. The van der Waals surface area contributed by atoms with Crippen LogP contribution in [0.25, 0.3) is 0 Å². The van der Waals surface area contributed by atoms with Crippen molar-refractivity contribution in [2.45, 2.75) is 19.4 Å². The molecule has 0 aliphatic carbocycles.